The van der Waals surface area contributed by atoms with E-state index in [2.05, 4.69) is 101 Å². The molecule has 0 fully saturated rings. The van der Waals surface area contributed by atoms with Gasteiger partial charge in [-0.05, 0) is 28.7 Å². The second-order valence-corrected chi connectivity index (χ2v) is 8.88. The summed E-state index contributed by atoms with van der Waals surface area (Å²) in [6, 6.07) is 31.6. The fourth-order valence-electron chi connectivity index (χ4n) is 4.39. The van der Waals surface area contributed by atoms with Gasteiger partial charge in [0.15, 0.2) is 5.82 Å². The summed E-state index contributed by atoms with van der Waals surface area (Å²) in [5.41, 5.74) is 13.1. The summed E-state index contributed by atoms with van der Waals surface area (Å²) >= 11 is 0. The van der Waals surface area contributed by atoms with Crippen LogP contribution in [0.2, 0.25) is 0 Å². The number of fused-ring (bicyclic) bond motifs is 1. The number of nitrogens with two attached hydrogens (primary N) is 1. The van der Waals surface area contributed by atoms with Crippen LogP contribution in [0.3, 0.4) is 0 Å². The molecule has 3 aromatic carbocycles. The highest BCUT2D eigenvalue weighted by Gasteiger charge is 2.15. The van der Waals surface area contributed by atoms with Crippen molar-refractivity contribution in [1.82, 2.24) is 14.5 Å². The van der Waals surface area contributed by atoms with Crippen LogP contribution >= 0.6 is 0 Å². The molecular weight excluding hydrogens is 430 g/mol. The van der Waals surface area contributed by atoms with Crippen molar-refractivity contribution in [2.24, 2.45) is 0 Å². The molecule has 35 heavy (non-hydrogen) atoms. The molecule has 2 heterocycles. The minimum atomic E-state index is 0.467. The van der Waals surface area contributed by atoms with Crippen molar-refractivity contribution in [2.45, 2.75) is 39.3 Å². The molecule has 5 nitrogen and oxygen atoms in total. The molecule has 0 spiro atoms. The molecule has 0 bridgehead atoms. The van der Waals surface area contributed by atoms with Crippen LogP contribution in [0.25, 0.3) is 22.2 Å². The fraction of sp³-hybridized carbons (Fsp3) is 0.200. The second-order valence-electron chi connectivity index (χ2n) is 8.88. The number of hydrogen-bond donors (Lipinski definition) is 2. The molecule has 0 saturated carbocycles. The zero-order valence-corrected chi connectivity index (χ0v) is 20.1. The van der Waals surface area contributed by atoms with Crippen LogP contribution < -0.4 is 11.1 Å². The number of nitrogen functional groups attached to an aromatic ring is 1. The van der Waals surface area contributed by atoms with Gasteiger partial charge in [-0.25, -0.2) is 9.97 Å². The molecular formula is C30H31N5. The molecule has 0 amide bonds. The lowest BCUT2D eigenvalue weighted by Crippen LogP contribution is -2.07. The van der Waals surface area contributed by atoms with E-state index in [1.807, 2.05) is 12.1 Å². The van der Waals surface area contributed by atoms with Crippen molar-refractivity contribution in [1.29, 1.82) is 0 Å². The van der Waals surface area contributed by atoms with E-state index in [0.717, 1.165) is 48.5 Å². The number of aromatic nitrogens is 3. The zero-order valence-electron chi connectivity index (χ0n) is 20.1. The van der Waals surface area contributed by atoms with Crippen molar-refractivity contribution in [3.05, 3.63) is 108 Å². The molecule has 0 saturated heterocycles. The van der Waals surface area contributed by atoms with E-state index in [-0.39, 0.29) is 0 Å². The van der Waals surface area contributed by atoms with E-state index in [0.29, 0.717) is 12.4 Å². The third kappa shape index (κ3) is 5.19. The summed E-state index contributed by atoms with van der Waals surface area (Å²) in [6.45, 7) is 3.64. The number of hydrogen-bond acceptors (Lipinski definition) is 4. The third-order valence-corrected chi connectivity index (χ3v) is 6.31. The molecule has 3 N–H and O–H groups in total. The first-order valence-corrected chi connectivity index (χ1v) is 12.3. The first kappa shape index (κ1) is 22.7. The van der Waals surface area contributed by atoms with Gasteiger partial charge in [0.25, 0.3) is 0 Å². The van der Waals surface area contributed by atoms with Gasteiger partial charge < -0.3 is 15.6 Å². The average Bonchev–Trinajstić information content (AvgIpc) is 3.25. The Kier molecular flexibility index (Phi) is 6.75. The number of anilines is 2. The summed E-state index contributed by atoms with van der Waals surface area (Å²) < 4.78 is 2.29. The Morgan fingerprint density at radius 2 is 1.49 bits per heavy atom. The molecule has 0 aliphatic rings. The van der Waals surface area contributed by atoms with Gasteiger partial charge in [0.05, 0.1) is 5.52 Å². The smallest absolute Gasteiger partial charge is 0.154 e. The molecule has 5 aromatic rings. The van der Waals surface area contributed by atoms with E-state index in [4.69, 9.17) is 10.7 Å². The second kappa shape index (κ2) is 10.4. The van der Waals surface area contributed by atoms with E-state index in [1.54, 1.807) is 0 Å². The lowest BCUT2D eigenvalue weighted by molar-refractivity contribution is 0.690. The SMILES string of the molecule is CCCCc1nc2c(N)nc(NCc3ccc(-c4ccccc4)cc3)cc2n1Cc1ccccc1. The molecule has 0 unspecified atom stereocenters. The Labute approximate surface area is 206 Å². The summed E-state index contributed by atoms with van der Waals surface area (Å²) in [7, 11) is 0. The molecule has 0 aliphatic carbocycles. The minimum Gasteiger partial charge on any atom is -0.382 e. The number of rotatable bonds is 9. The number of nitrogens with one attached hydrogen (secondary N) is 1. The van der Waals surface area contributed by atoms with Crippen LogP contribution in [-0.4, -0.2) is 14.5 Å². The maximum Gasteiger partial charge on any atom is 0.154 e. The Hall–Kier alpha value is -4.12. The lowest BCUT2D eigenvalue weighted by Gasteiger charge is -2.11. The van der Waals surface area contributed by atoms with Crippen molar-refractivity contribution < 1.29 is 0 Å². The monoisotopic (exact) mass is 461 g/mol. The van der Waals surface area contributed by atoms with Crippen LogP contribution in [0.5, 0.6) is 0 Å². The van der Waals surface area contributed by atoms with Crippen molar-refractivity contribution in [2.75, 3.05) is 11.1 Å². The number of aryl methyl sites for hydroxylation is 1. The van der Waals surface area contributed by atoms with E-state index in [1.165, 1.54) is 22.3 Å². The number of nitrogens with zero attached hydrogens (tertiary/aromatic N) is 3. The first-order valence-electron chi connectivity index (χ1n) is 12.3. The van der Waals surface area contributed by atoms with Crippen LogP contribution in [0, 0.1) is 0 Å². The Morgan fingerprint density at radius 1 is 0.800 bits per heavy atom. The highest BCUT2D eigenvalue weighted by atomic mass is 15.1. The van der Waals surface area contributed by atoms with E-state index < -0.39 is 0 Å². The van der Waals surface area contributed by atoms with Gasteiger partial charge in [-0.15, -0.1) is 0 Å². The van der Waals surface area contributed by atoms with Gasteiger partial charge >= 0.3 is 0 Å². The topological polar surface area (TPSA) is 68.8 Å². The molecule has 0 atom stereocenters. The third-order valence-electron chi connectivity index (χ3n) is 6.31. The van der Waals surface area contributed by atoms with Gasteiger partial charge in [0.1, 0.15) is 17.2 Å². The van der Waals surface area contributed by atoms with E-state index in [9.17, 15) is 0 Å². The predicted molar refractivity (Wildman–Crippen MR) is 145 cm³/mol. The average molecular weight is 462 g/mol. The molecule has 5 heteroatoms. The van der Waals surface area contributed by atoms with Gasteiger partial charge in [-0.2, -0.15) is 0 Å². The van der Waals surface area contributed by atoms with Crippen LogP contribution in [-0.2, 0) is 19.5 Å². The summed E-state index contributed by atoms with van der Waals surface area (Å²) in [5.74, 6) is 2.29. The highest BCUT2D eigenvalue weighted by molar-refractivity contribution is 5.88. The maximum atomic E-state index is 6.39. The first-order chi connectivity index (χ1) is 17.2. The van der Waals surface area contributed by atoms with Gasteiger partial charge in [0, 0.05) is 25.6 Å². The largest absolute Gasteiger partial charge is 0.382 e. The molecule has 5 rings (SSSR count). The van der Waals surface area contributed by atoms with Crippen molar-refractivity contribution in [3.63, 3.8) is 0 Å². The maximum absolute atomic E-state index is 6.39. The van der Waals surface area contributed by atoms with Gasteiger partial charge in [0.2, 0.25) is 0 Å². The van der Waals surface area contributed by atoms with Crippen molar-refractivity contribution >= 4 is 22.7 Å². The van der Waals surface area contributed by atoms with Crippen LogP contribution in [0.4, 0.5) is 11.6 Å². The highest BCUT2D eigenvalue weighted by Crippen LogP contribution is 2.26. The minimum absolute atomic E-state index is 0.467. The standard InChI is InChI=1S/C30H31N5/c1-2-3-14-28-34-29-26(35(28)21-23-10-6-4-7-11-23)19-27(33-30(29)31)32-20-22-15-17-25(18-16-22)24-12-8-5-9-13-24/h4-13,15-19H,2-3,14,20-21H2,1H3,(H3,31,32,33). The predicted octanol–water partition coefficient (Wildman–Crippen LogP) is 6.68. The Morgan fingerprint density at radius 3 is 2.20 bits per heavy atom. The quantitative estimate of drug-likeness (QED) is 0.257. The summed E-state index contributed by atoms with van der Waals surface area (Å²) in [4.78, 5) is 9.51. The van der Waals surface area contributed by atoms with Crippen molar-refractivity contribution in [3.8, 4) is 11.1 Å². The van der Waals surface area contributed by atoms with Crippen LogP contribution in [0.15, 0.2) is 91.0 Å². The number of unbranched alkanes of at least 4 members (excludes halogenated alkanes) is 1. The summed E-state index contributed by atoms with van der Waals surface area (Å²) in [5, 5.41) is 3.46. The van der Waals surface area contributed by atoms with Gasteiger partial charge in [-0.3, -0.25) is 0 Å². The normalized spacial score (nSPS) is 11.1. The number of imidazole rings is 1. The van der Waals surface area contributed by atoms with Gasteiger partial charge in [-0.1, -0.05) is 98.3 Å². The molecule has 176 valence electrons. The van der Waals surface area contributed by atoms with E-state index >= 15 is 0 Å². The summed E-state index contributed by atoms with van der Waals surface area (Å²) in [6.07, 6.45) is 3.14. The number of benzene rings is 3. The molecule has 2 aromatic heterocycles. The molecule has 0 radical (unpaired) electrons. The Balaban J connectivity index is 1.40. The molecule has 0 aliphatic heterocycles. The van der Waals surface area contributed by atoms with Crippen LogP contribution in [0.1, 0.15) is 36.7 Å². The zero-order chi connectivity index (χ0) is 24.0. The fourth-order valence-corrected chi connectivity index (χ4v) is 4.39. The number of pyridine rings is 1. The lowest BCUT2D eigenvalue weighted by atomic mass is 10.0. The Bertz CT molecular complexity index is 1390.